The first-order chi connectivity index (χ1) is 10.4. The van der Waals surface area contributed by atoms with E-state index in [1.165, 1.54) is 24.3 Å². The molecule has 0 atom stereocenters. The Kier molecular flexibility index (Phi) is 5.05. The first-order valence-electron chi connectivity index (χ1n) is 7.16. The lowest BCUT2D eigenvalue weighted by molar-refractivity contribution is -0.384. The van der Waals surface area contributed by atoms with Crippen molar-refractivity contribution in [1.82, 2.24) is 5.32 Å². The van der Waals surface area contributed by atoms with Gasteiger partial charge in [0.15, 0.2) is 0 Å². The van der Waals surface area contributed by atoms with Crippen LogP contribution in [0.3, 0.4) is 0 Å². The van der Waals surface area contributed by atoms with E-state index in [4.69, 9.17) is 0 Å². The minimum atomic E-state index is -4.47. The molecular weight excluding hydrogens is 297 g/mol. The highest BCUT2D eigenvalue weighted by Crippen LogP contribution is 2.28. The Morgan fingerprint density at radius 3 is 2.27 bits per heavy atom. The van der Waals surface area contributed by atoms with Crippen molar-refractivity contribution < 1.29 is 18.1 Å². The number of alkyl halides is 3. The number of nitrogens with zero attached hydrogens (tertiary/aromatic N) is 1. The van der Waals surface area contributed by atoms with Crippen molar-refractivity contribution in [2.45, 2.75) is 44.3 Å². The highest BCUT2D eigenvalue weighted by Gasteiger charge is 2.35. The van der Waals surface area contributed by atoms with Gasteiger partial charge in [-0.3, -0.25) is 10.1 Å². The van der Waals surface area contributed by atoms with Crippen LogP contribution in [0.2, 0.25) is 0 Å². The number of rotatable bonds is 4. The van der Waals surface area contributed by atoms with Gasteiger partial charge in [0.1, 0.15) is 5.70 Å². The number of nitrogens with one attached hydrogen (secondary N) is 1. The van der Waals surface area contributed by atoms with E-state index < -0.39 is 16.8 Å². The minimum Gasteiger partial charge on any atom is -0.378 e. The van der Waals surface area contributed by atoms with E-state index in [0.717, 1.165) is 38.2 Å². The topological polar surface area (TPSA) is 55.2 Å². The number of halogens is 3. The van der Waals surface area contributed by atoms with Crippen molar-refractivity contribution in [2.75, 3.05) is 0 Å². The quantitative estimate of drug-likeness (QED) is 0.661. The van der Waals surface area contributed by atoms with Crippen molar-refractivity contribution in [3.05, 3.63) is 45.6 Å². The second-order valence-corrected chi connectivity index (χ2v) is 5.38. The van der Waals surface area contributed by atoms with Crippen molar-refractivity contribution in [3.63, 3.8) is 0 Å². The molecule has 0 aliphatic heterocycles. The predicted molar refractivity (Wildman–Crippen MR) is 77.1 cm³/mol. The smallest absolute Gasteiger partial charge is 0.378 e. The maximum Gasteiger partial charge on any atom is 0.430 e. The van der Waals surface area contributed by atoms with Gasteiger partial charge in [-0.05, 0) is 36.6 Å². The Hall–Kier alpha value is -2.05. The molecular formula is C15H17F3N2O2. The third-order valence-electron chi connectivity index (χ3n) is 3.69. The summed E-state index contributed by atoms with van der Waals surface area (Å²) in [7, 11) is 0. The lowest BCUT2D eigenvalue weighted by atomic mass is 9.95. The second kappa shape index (κ2) is 6.81. The molecule has 1 aromatic rings. The molecule has 0 saturated heterocycles. The molecule has 0 amide bonds. The van der Waals surface area contributed by atoms with Crippen LogP contribution in [0.4, 0.5) is 18.9 Å². The molecule has 2 rings (SSSR count). The molecule has 120 valence electrons. The zero-order valence-corrected chi connectivity index (χ0v) is 11.9. The molecule has 1 N–H and O–H groups in total. The van der Waals surface area contributed by atoms with Gasteiger partial charge in [0.2, 0.25) is 0 Å². The van der Waals surface area contributed by atoms with Crippen LogP contribution in [-0.2, 0) is 0 Å². The Morgan fingerprint density at radius 1 is 1.18 bits per heavy atom. The molecule has 7 heteroatoms. The molecule has 0 heterocycles. The molecule has 1 aliphatic rings. The maximum atomic E-state index is 13.1. The number of nitro benzene ring substituents is 1. The van der Waals surface area contributed by atoms with Gasteiger partial charge in [-0.15, -0.1) is 0 Å². The lowest BCUT2D eigenvalue weighted by Gasteiger charge is -2.26. The summed E-state index contributed by atoms with van der Waals surface area (Å²) in [6, 6.07) is 4.85. The highest BCUT2D eigenvalue weighted by atomic mass is 19.4. The Bertz CT molecular complexity index is 547. The molecule has 1 aromatic carbocycles. The number of benzene rings is 1. The Morgan fingerprint density at radius 2 is 1.77 bits per heavy atom. The summed E-state index contributed by atoms with van der Waals surface area (Å²) in [4.78, 5) is 9.97. The maximum absolute atomic E-state index is 13.1. The van der Waals surface area contributed by atoms with Crippen LogP contribution in [0, 0.1) is 10.1 Å². The third-order valence-corrected chi connectivity index (χ3v) is 3.69. The third kappa shape index (κ3) is 4.47. The zero-order valence-electron chi connectivity index (χ0n) is 11.9. The number of hydrogen-bond acceptors (Lipinski definition) is 3. The van der Waals surface area contributed by atoms with E-state index in [0.29, 0.717) is 0 Å². The second-order valence-electron chi connectivity index (χ2n) is 5.38. The van der Waals surface area contributed by atoms with Gasteiger partial charge in [0.05, 0.1) is 4.92 Å². The largest absolute Gasteiger partial charge is 0.430 e. The van der Waals surface area contributed by atoms with Gasteiger partial charge in [-0.2, -0.15) is 13.2 Å². The van der Waals surface area contributed by atoms with Gasteiger partial charge in [-0.1, -0.05) is 19.3 Å². The van der Waals surface area contributed by atoms with Crippen molar-refractivity contribution in [1.29, 1.82) is 0 Å². The molecule has 4 nitrogen and oxygen atoms in total. The molecule has 22 heavy (non-hydrogen) atoms. The minimum absolute atomic E-state index is 0.147. The van der Waals surface area contributed by atoms with Crippen LogP contribution in [-0.4, -0.2) is 17.1 Å². The molecule has 0 aromatic heterocycles. The fourth-order valence-corrected chi connectivity index (χ4v) is 2.53. The zero-order chi connectivity index (χ0) is 16.2. The first-order valence-corrected chi connectivity index (χ1v) is 7.16. The summed E-state index contributed by atoms with van der Waals surface area (Å²) in [6.07, 6.45) is 0.908. The van der Waals surface area contributed by atoms with Crippen LogP contribution >= 0.6 is 0 Å². The number of non-ortho nitro benzene ring substituents is 1. The van der Waals surface area contributed by atoms with E-state index >= 15 is 0 Å². The molecule has 1 aliphatic carbocycles. The molecule has 0 spiro atoms. The summed E-state index contributed by atoms with van der Waals surface area (Å²) in [5.41, 5.74) is -0.666. The Labute approximate surface area is 126 Å². The van der Waals surface area contributed by atoms with Crippen LogP contribution < -0.4 is 5.32 Å². The SMILES string of the molecule is O=[N+]([O-])c1ccc(/C=C(/NC2CCCCC2)C(F)(F)F)cc1. The average Bonchev–Trinajstić information content (AvgIpc) is 2.47. The summed E-state index contributed by atoms with van der Waals surface area (Å²) >= 11 is 0. The summed E-state index contributed by atoms with van der Waals surface area (Å²) < 4.78 is 39.4. The van der Waals surface area contributed by atoms with Crippen molar-refractivity contribution >= 4 is 11.8 Å². The normalized spacial score (nSPS) is 17.3. The van der Waals surface area contributed by atoms with Crippen molar-refractivity contribution in [3.8, 4) is 0 Å². The first kappa shape index (κ1) is 16.3. The van der Waals surface area contributed by atoms with Crippen molar-refractivity contribution in [2.24, 2.45) is 0 Å². The van der Waals surface area contributed by atoms with Gasteiger partial charge in [0, 0.05) is 18.2 Å². The molecule has 0 bridgehead atoms. The number of allylic oxidation sites excluding steroid dienone is 1. The standard InChI is InChI=1S/C15H17F3N2O2/c16-15(17,18)14(19-12-4-2-1-3-5-12)10-11-6-8-13(9-7-11)20(21)22/h6-10,12,19H,1-5H2/b14-10+. The fourth-order valence-electron chi connectivity index (χ4n) is 2.53. The van der Waals surface area contributed by atoms with E-state index in [1.807, 2.05) is 0 Å². The van der Waals surface area contributed by atoms with E-state index in [9.17, 15) is 23.3 Å². The van der Waals surface area contributed by atoms with Crippen LogP contribution in [0.1, 0.15) is 37.7 Å². The van der Waals surface area contributed by atoms with Gasteiger partial charge < -0.3 is 5.32 Å². The van der Waals surface area contributed by atoms with Gasteiger partial charge >= 0.3 is 6.18 Å². The number of nitro groups is 1. The highest BCUT2D eigenvalue weighted by molar-refractivity contribution is 5.55. The summed E-state index contributed by atoms with van der Waals surface area (Å²) in [6.45, 7) is 0. The van der Waals surface area contributed by atoms with Crippen LogP contribution in [0.25, 0.3) is 6.08 Å². The fraction of sp³-hybridized carbons (Fsp3) is 0.467. The van der Waals surface area contributed by atoms with Gasteiger partial charge in [-0.25, -0.2) is 0 Å². The predicted octanol–water partition coefficient (Wildman–Crippen LogP) is 4.42. The van der Waals surface area contributed by atoms with Crippen LogP contribution in [0.5, 0.6) is 0 Å². The van der Waals surface area contributed by atoms with Gasteiger partial charge in [0.25, 0.3) is 5.69 Å². The summed E-state index contributed by atoms with van der Waals surface area (Å²) in [5, 5.41) is 13.1. The lowest BCUT2D eigenvalue weighted by Crippen LogP contribution is -2.36. The van der Waals surface area contributed by atoms with Crippen LogP contribution in [0.15, 0.2) is 30.0 Å². The summed E-state index contributed by atoms with van der Waals surface area (Å²) in [5.74, 6) is 0. The Balaban J connectivity index is 2.18. The molecule has 0 unspecified atom stereocenters. The molecule has 0 radical (unpaired) electrons. The van der Waals surface area contributed by atoms with E-state index in [2.05, 4.69) is 5.32 Å². The molecule has 1 saturated carbocycles. The molecule has 1 fully saturated rings. The average molecular weight is 314 g/mol. The number of hydrogen-bond donors (Lipinski definition) is 1. The van der Waals surface area contributed by atoms with E-state index in [1.54, 1.807) is 0 Å². The monoisotopic (exact) mass is 314 g/mol. The van der Waals surface area contributed by atoms with E-state index in [-0.39, 0.29) is 17.3 Å².